The topological polar surface area (TPSA) is 132 Å². The smallest absolute Gasteiger partial charge is 0.181 e. The van der Waals surface area contributed by atoms with Crippen molar-refractivity contribution >= 4 is 33.9 Å². The van der Waals surface area contributed by atoms with E-state index in [2.05, 4.69) is 41.0 Å². The number of nitrogens with one attached hydrogen (secondary N) is 3. The van der Waals surface area contributed by atoms with Gasteiger partial charge in [0.2, 0.25) is 0 Å². The molecule has 3 N–H and O–H groups in total. The Balaban J connectivity index is 1.60. The Kier molecular flexibility index (Phi) is 6.07. The number of pyridine rings is 1. The third-order valence-corrected chi connectivity index (χ3v) is 5.14. The lowest BCUT2D eigenvalue weighted by atomic mass is 10.1. The van der Waals surface area contributed by atoms with Crippen molar-refractivity contribution in [3.63, 3.8) is 0 Å². The average Bonchev–Trinajstić information content (AvgIpc) is 3.23. The summed E-state index contributed by atoms with van der Waals surface area (Å²) in [5.41, 5.74) is 6.02. The van der Waals surface area contributed by atoms with Gasteiger partial charge in [0.05, 0.1) is 6.33 Å². The molecular formula is C20H20N7O2S-. The lowest BCUT2D eigenvalue weighted by molar-refractivity contribution is 0.521. The summed E-state index contributed by atoms with van der Waals surface area (Å²) in [7, 11) is 0. The van der Waals surface area contributed by atoms with E-state index in [1.807, 2.05) is 31.2 Å². The van der Waals surface area contributed by atoms with Gasteiger partial charge in [0.15, 0.2) is 5.65 Å². The Hall–Kier alpha value is -3.21. The van der Waals surface area contributed by atoms with E-state index in [0.29, 0.717) is 24.4 Å². The molecule has 4 rings (SSSR count). The first kappa shape index (κ1) is 20.1. The van der Waals surface area contributed by atoms with Crippen LogP contribution in [0.3, 0.4) is 0 Å². The second-order valence-corrected chi connectivity index (χ2v) is 7.49. The van der Waals surface area contributed by atoms with E-state index in [9.17, 15) is 8.76 Å². The lowest BCUT2D eigenvalue weighted by Crippen LogP contribution is -2.18. The van der Waals surface area contributed by atoms with Crippen LogP contribution in [0.25, 0.3) is 22.4 Å². The van der Waals surface area contributed by atoms with Crippen LogP contribution in [0.1, 0.15) is 17.5 Å². The Morgan fingerprint density at radius 1 is 1.17 bits per heavy atom. The largest absolute Gasteiger partial charge is 0.760 e. The highest BCUT2D eigenvalue weighted by atomic mass is 32.2. The molecule has 0 saturated carbocycles. The van der Waals surface area contributed by atoms with Gasteiger partial charge in [-0.15, -0.1) is 0 Å². The van der Waals surface area contributed by atoms with E-state index in [1.165, 1.54) is 6.33 Å². The molecule has 0 bridgehead atoms. The van der Waals surface area contributed by atoms with Gasteiger partial charge < -0.3 is 14.9 Å². The van der Waals surface area contributed by atoms with Crippen LogP contribution in [0, 0.1) is 6.92 Å². The maximum absolute atomic E-state index is 10.6. The van der Waals surface area contributed by atoms with E-state index in [1.54, 1.807) is 12.5 Å². The highest BCUT2D eigenvalue weighted by molar-refractivity contribution is 7.77. The first-order valence-electron chi connectivity index (χ1n) is 9.40. The van der Waals surface area contributed by atoms with Crippen molar-refractivity contribution in [1.29, 1.82) is 0 Å². The minimum Gasteiger partial charge on any atom is -0.760 e. The maximum Gasteiger partial charge on any atom is 0.181 e. The Labute approximate surface area is 175 Å². The number of hydrogen-bond acceptors (Lipinski definition) is 7. The van der Waals surface area contributed by atoms with E-state index < -0.39 is 11.3 Å². The summed E-state index contributed by atoms with van der Waals surface area (Å²) in [6, 6.07) is 9.96. The van der Waals surface area contributed by atoms with Crippen LogP contribution < -0.4 is 10.0 Å². The molecule has 0 radical (unpaired) electrons. The third kappa shape index (κ3) is 4.51. The van der Waals surface area contributed by atoms with Gasteiger partial charge in [0.25, 0.3) is 0 Å². The third-order valence-electron chi connectivity index (χ3n) is 4.70. The second kappa shape index (κ2) is 9.08. The minimum absolute atomic E-state index is 0.408. The Morgan fingerprint density at radius 2 is 2.07 bits per heavy atom. The molecule has 1 atom stereocenters. The molecule has 1 aromatic carbocycles. The summed E-state index contributed by atoms with van der Waals surface area (Å²) in [4.78, 5) is 20.4. The van der Waals surface area contributed by atoms with Crippen molar-refractivity contribution < 1.29 is 8.76 Å². The molecule has 30 heavy (non-hydrogen) atoms. The molecule has 0 aliphatic rings. The zero-order valence-electron chi connectivity index (χ0n) is 16.3. The number of aryl methyl sites for hydroxylation is 2. The number of nitrogens with zero attached hydrogens (tertiary/aromatic N) is 4. The van der Waals surface area contributed by atoms with Gasteiger partial charge in [-0.05, 0) is 49.1 Å². The van der Waals surface area contributed by atoms with Crippen LogP contribution in [-0.4, -0.2) is 40.2 Å². The van der Waals surface area contributed by atoms with Gasteiger partial charge in [-0.1, -0.05) is 12.1 Å². The summed E-state index contributed by atoms with van der Waals surface area (Å²) >= 11 is -2.22. The van der Waals surface area contributed by atoms with Gasteiger partial charge in [-0.2, -0.15) is 0 Å². The summed E-state index contributed by atoms with van der Waals surface area (Å²) < 4.78 is 23.6. The van der Waals surface area contributed by atoms with Crippen LogP contribution in [0.4, 0.5) is 11.5 Å². The number of hydrogen-bond donors (Lipinski definition) is 3. The van der Waals surface area contributed by atoms with Gasteiger partial charge >= 0.3 is 0 Å². The molecule has 4 aromatic rings. The van der Waals surface area contributed by atoms with Crippen molar-refractivity contribution in [2.24, 2.45) is 0 Å². The average molecular weight is 422 g/mol. The van der Waals surface area contributed by atoms with E-state index in [0.717, 1.165) is 40.0 Å². The van der Waals surface area contributed by atoms with Crippen LogP contribution in [-0.2, 0) is 17.7 Å². The highest BCUT2D eigenvalue weighted by Crippen LogP contribution is 2.31. The molecule has 154 valence electrons. The molecule has 1 unspecified atom stereocenters. The Morgan fingerprint density at radius 3 is 2.93 bits per heavy atom. The quantitative estimate of drug-likeness (QED) is 0.294. The fraction of sp³-hybridized carbons (Fsp3) is 0.200. The summed E-state index contributed by atoms with van der Waals surface area (Å²) in [5, 5.41) is 3.43. The van der Waals surface area contributed by atoms with E-state index in [4.69, 9.17) is 0 Å². The number of aromatic nitrogens is 5. The van der Waals surface area contributed by atoms with Crippen molar-refractivity contribution in [2.45, 2.75) is 19.8 Å². The molecule has 10 heteroatoms. The molecule has 0 saturated heterocycles. The fourth-order valence-corrected chi connectivity index (χ4v) is 3.51. The number of H-pyrrole nitrogens is 1. The number of aromatic amines is 1. The maximum atomic E-state index is 10.6. The van der Waals surface area contributed by atoms with Crippen molar-refractivity contribution in [1.82, 2.24) is 29.6 Å². The summed E-state index contributed by atoms with van der Waals surface area (Å²) in [6.45, 7) is 2.43. The van der Waals surface area contributed by atoms with Crippen LogP contribution in [0.2, 0.25) is 0 Å². The summed E-state index contributed by atoms with van der Waals surface area (Å²) in [5.74, 6) is 0.677. The molecule has 0 fully saturated rings. The normalized spacial score (nSPS) is 12.2. The van der Waals surface area contributed by atoms with Gasteiger partial charge in [-0.25, -0.2) is 24.7 Å². The second-order valence-electron chi connectivity index (χ2n) is 6.73. The van der Waals surface area contributed by atoms with Crippen LogP contribution in [0.15, 0.2) is 49.2 Å². The predicted octanol–water partition coefficient (Wildman–Crippen LogP) is 2.78. The number of anilines is 2. The highest BCUT2D eigenvalue weighted by Gasteiger charge is 2.14. The molecule has 3 heterocycles. The van der Waals surface area contributed by atoms with E-state index in [-0.39, 0.29) is 0 Å². The fourth-order valence-electron chi connectivity index (χ4n) is 3.20. The zero-order chi connectivity index (χ0) is 20.9. The summed E-state index contributed by atoms with van der Waals surface area (Å²) in [6.07, 6.45) is 6.28. The molecular weight excluding hydrogens is 402 g/mol. The molecule has 0 amide bonds. The van der Waals surface area contributed by atoms with Crippen molar-refractivity contribution in [3.05, 3.63) is 60.3 Å². The molecule has 3 aromatic heterocycles. The Bertz CT molecular complexity index is 1190. The molecule has 9 nitrogen and oxygen atoms in total. The SMILES string of the molecule is Cc1ccc(CCCNS(=O)[O-])cc1Nc1ncccc1-c1ncnc2nc[nH]c12. The molecule has 0 aliphatic carbocycles. The van der Waals surface area contributed by atoms with Crippen molar-refractivity contribution in [2.75, 3.05) is 11.9 Å². The zero-order valence-corrected chi connectivity index (χ0v) is 17.1. The van der Waals surface area contributed by atoms with Crippen LogP contribution >= 0.6 is 0 Å². The van der Waals surface area contributed by atoms with E-state index >= 15 is 0 Å². The molecule has 0 aliphatic heterocycles. The lowest BCUT2D eigenvalue weighted by Gasteiger charge is -2.14. The van der Waals surface area contributed by atoms with Gasteiger partial charge in [0, 0.05) is 35.3 Å². The first-order valence-corrected chi connectivity index (χ1v) is 10.5. The monoisotopic (exact) mass is 422 g/mol. The molecule has 0 spiro atoms. The minimum atomic E-state index is -2.22. The number of imidazole rings is 1. The van der Waals surface area contributed by atoms with Gasteiger partial charge in [-0.3, -0.25) is 4.21 Å². The number of fused-ring (bicyclic) bond motifs is 1. The number of rotatable bonds is 8. The standard InChI is InChI=1S/C20H21N7O2S/c1-13-6-7-14(4-2-9-26-30(28)29)10-16(13)27-19-15(5-3-8-21-19)17-18-20(24-11-22-17)25-12-23-18/h3,5-8,10-12,26H,2,4,9H2,1H3,(H,21,27)(H,28,29)(H,22,23,24,25)/p-1. The number of benzene rings is 1. The van der Waals surface area contributed by atoms with Gasteiger partial charge in [0.1, 0.15) is 23.4 Å². The first-order chi connectivity index (χ1) is 14.6. The van der Waals surface area contributed by atoms with Crippen molar-refractivity contribution in [3.8, 4) is 11.3 Å². The van der Waals surface area contributed by atoms with Crippen LogP contribution in [0.5, 0.6) is 0 Å². The predicted molar refractivity (Wildman–Crippen MR) is 115 cm³/mol.